The first-order valence-electron chi connectivity index (χ1n) is 5.80. The number of carbonyl (C=O) groups is 1. The van der Waals surface area contributed by atoms with Crippen molar-refractivity contribution in [3.63, 3.8) is 0 Å². The molecule has 0 bridgehead atoms. The monoisotopic (exact) mass is 279 g/mol. The molecule has 1 atom stereocenters. The van der Waals surface area contributed by atoms with E-state index in [4.69, 9.17) is 0 Å². The number of aliphatic hydroxyl groups excluding tert-OH is 1. The highest BCUT2D eigenvalue weighted by atomic mass is 32.1. The molecule has 5 heteroatoms. The molecule has 100 valence electrons. The molecule has 0 spiro atoms. The molecule has 3 nitrogen and oxygen atoms in total. The summed E-state index contributed by atoms with van der Waals surface area (Å²) in [5.41, 5.74) is 0.279. The molecule has 0 saturated heterocycles. The van der Waals surface area contributed by atoms with Gasteiger partial charge in [-0.1, -0.05) is 12.1 Å². The van der Waals surface area contributed by atoms with Gasteiger partial charge in [-0.2, -0.15) is 0 Å². The van der Waals surface area contributed by atoms with Gasteiger partial charge in [0, 0.05) is 17.5 Å². The van der Waals surface area contributed by atoms with Crippen molar-refractivity contribution < 1.29 is 14.3 Å². The van der Waals surface area contributed by atoms with E-state index >= 15 is 0 Å². The molecule has 19 heavy (non-hydrogen) atoms. The van der Waals surface area contributed by atoms with E-state index in [-0.39, 0.29) is 18.0 Å². The van der Waals surface area contributed by atoms with Crippen molar-refractivity contribution in [3.05, 3.63) is 58.0 Å². The van der Waals surface area contributed by atoms with Gasteiger partial charge in [0.05, 0.1) is 6.54 Å². The topological polar surface area (TPSA) is 40.5 Å². The zero-order valence-corrected chi connectivity index (χ0v) is 11.2. The molecule has 1 aromatic heterocycles. The largest absolute Gasteiger partial charge is 0.386 e. The molecule has 0 aliphatic heterocycles. The fourth-order valence-corrected chi connectivity index (χ4v) is 2.46. The Balaban J connectivity index is 2.03. The third kappa shape index (κ3) is 3.39. The molecule has 0 fully saturated rings. The van der Waals surface area contributed by atoms with E-state index in [0.29, 0.717) is 0 Å². The highest BCUT2D eigenvalue weighted by Gasteiger charge is 2.17. The summed E-state index contributed by atoms with van der Waals surface area (Å²) in [6.07, 6.45) is -0.720. The smallest absolute Gasteiger partial charge is 0.253 e. The molecule has 2 rings (SSSR count). The lowest BCUT2D eigenvalue weighted by Crippen LogP contribution is -2.30. The van der Waals surface area contributed by atoms with E-state index < -0.39 is 11.9 Å². The van der Waals surface area contributed by atoms with E-state index in [1.54, 1.807) is 13.1 Å². The Labute approximate surface area is 114 Å². The number of amides is 1. The van der Waals surface area contributed by atoms with Crippen molar-refractivity contribution in [2.45, 2.75) is 6.10 Å². The standard InChI is InChI=1S/C14H14FNO2S/c1-16(9-12(17)13-6-3-7-19-13)14(18)10-4-2-5-11(15)8-10/h2-8,12,17H,9H2,1H3. The van der Waals surface area contributed by atoms with E-state index in [9.17, 15) is 14.3 Å². The van der Waals surface area contributed by atoms with Gasteiger partial charge in [0.25, 0.3) is 5.91 Å². The van der Waals surface area contributed by atoms with Gasteiger partial charge >= 0.3 is 0 Å². The number of benzene rings is 1. The van der Waals surface area contributed by atoms with Crippen LogP contribution in [0.4, 0.5) is 4.39 Å². The van der Waals surface area contributed by atoms with Crippen LogP contribution in [0.2, 0.25) is 0 Å². The summed E-state index contributed by atoms with van der Waals surface area (Å²) in [5.74, 6) is -0.756. The van der Waals surface area contributed by atoms with Gasteiger partial charge in [0.2, 0.25) is 0 Å². The van der Waals surface area contributed by atoms with E-state index in [2.05, 4.69) is 0 Å². The summed E-state index contributed by atoms with van der Waals surface area (Å²) < 4.78 is 13.1. The zero-order valence-electron chi connectivity index (χ0n) is 10.4. The highest BCUT2D eigenvalue weighted by Crippen LogP contribution is 2.20. The number of halogens is 1. The van der Waals surface area contributed by atoms with Gasteiger partial charge in [0.1, 0.15) is 11.9 Å². The molecule has 1 aromatic carbocycles. The molecule has 2 aromatic rings. The third-order valence-electron chi connectivity index (χ3n) is 2.74. The van der Waals surface area contributed by atoms with Crippen LogP contribution in [0.1, 0.15) is 21.3 Å². The van der Waals surface area contributed by atoms with Gasteiger partial charge in [-0.25, -0.2) is 4.39 Å². The second-order valence-electron chi connectivity index (χ2n) is 4.23. The number of thiophene rings is 1. The quantitative estimate of drug-likeness (QED) is 0.934. The molecule has 1 amide bonds. The van der Waals surface area contributed by atoms with Crippen molar-refractivity contribution in [1.82, 2.24) is 4.90 Å². The van der Waals surface area contributed by atoms with Crippen LogP contribution in [-0.2, 0) is 0 Å². The minimum absolute atomic E-state index is 0.176. The third-order valence-corrected chi connectivity index (χ3v) is 3.71. The predicted molar refractivity (Wildman–Crippen MR) is 72.6 cm³/mol. The average molecular weight is 279 g/mol. The molecule has 0 aliphatic rings. The number of hydrogen-bond donors (Lipinski definition) is 1. The van der Waals surface area contributed by atoms with E-state index in [1.165, 1.54) is 34.4 Å². The van der Waals surface area contributed by atoms with E-state index in [0.717, 1.165) is 4.88 Å². The number of carbonyl (C=O) groups excluding carboxylic acids is 1. The van der Waals surface area contributed by atoms with Crippen LogP contribution in [0, 0.1) is 5.82 Å². The Kier molecular flexibility index (Phi) is 4.29. The first-order valence-corrected chi connectivity index (χ1v) is 6.68. The van der Waals surface area contributed by atoms with Gasteiger partial charge in [-0.3, -0.25) is 4.79 Å². The summed E-state index contributed by atoms with van der Waals surface area (Å²) in [6, 6.07) is 9.19. The molecular weight excluding hydrogens is 265 g/mol. The van der Waals surface area contributed by atoms with E-state index in [1.807, 2.05) is 17.5 Å². The fourth-order valence-electron chi connectivity index (χ4n) is 1.76. The first-order chi connectivity index (χ1) is 9.08. The number of aliphatic hydroxyl groups is 1. The number of likely N-dealkylation sites (N-methyl/N-ethyl adjacent to an activating group) is 1. The maximum atomic E-state index is 13.1. The van der Waals surface area contributed by atoms with Crippen molar-refractivity contribution in [1.29, 1.82) is 0 Å². The Morgan fingerprint density at radius 1 is 1.42 bits per heavy atom. The van der Waals surface area contributed by atoms with Crippen LogP contribution in [0.15, 0.2) is 41.8 Å². The second-order valence-corrected chi connectivity index (χ2v) is 5.21. The Hall–Kier alpha value is -1.72. The van der Waals surface area contributed by atoms with Gasteiger partial charge in [-0.05, 0) is 29.6 Å². The van der Waals surface area contributed by atoms with Crippen molar-refractivity contribution in [2.24, 2.45) is 0 Å². The Bertz CT molecular complexity index is 556. The maximum Gasteiger partial charge on any atom is 0.253 e. The van der Waals surface area contributed by atoms with Crippen LogP contribution in [0.5, 0.6) is 0 Å². The van der Waals surface area contributed by atoms with Crippen LogP contribution in [0.3, 0.4) is 0 Å². The molecule has 1 N–H and O–H groups in total. The molecule has 0 radical (unpaired) electrons. The molecule has 0 saturated carbocycles. The maximum absolute atomic E-state index is 13.1. The van der Waals surface area contributed by atoms with Gasteiger partial charge in [-0.15, -0.1) is 11.3 Å². The first kappa shape index (κ1) is 13.7. The summed E-state index contributed by atoms with van der Waals surface area (Å²) >= 11 is 1.44. The summed E-state index contributed by atoms with van der Waals surface area (Å²) in [4.78, 5) is 14.2. The SMILES string of the molecule is CN(CC(O)c1cccs1)C(=O)c1cccc(F)c1. The number of nitrogens with zero attached hydrogens (tertiary/aromatic N) is 1. The van der Waals surface area contributed by atoms with Crippen LogP contribution < -0.4 is 0 Å². The minimum atomic E-state index is -0.720. The van der Waals surface area contributed by atoms with Crippen molar-refractivity contribution in [3.8, 4) is 0 Å². The lowest BCUT2D eigenvalue weighted by molar-refractivity contribution is 0.0685. The molecule has 1 heterocycles. The number of rotatable bonds is 4. The summed E-state index contributed by atoms with van der Waals surface area (Å²) in [5, 5.41) is 11.8. The highest BCUT2D eigenvalue weighted by molar-refractivity contribution is 7.10. The summed E-state index contributed by atoms with van der Waals surface area (Å²) in [6.45, 7) is 0.176. The molecule has 0 aliphatic carbocycles. The summed E-state index contributed by atoms with van der Waals surface area (Å²) in [7, 11) is 1.59. The lowest BCUT2D eigenvalue weighted by atomic mass is 10.2. The zero-order chi connectivity index (χ0) is 13.8. The van der Waals surface area contributed by atoms with Crippen molar-refractivity contribution in [2.75, 3.05) is 13.6 Å². The van der Waals surface area contributed by atoms with Gasteiger partial charge in [0.15, 0.2) is 0 Å². The van der Waals surface area contributed by atoms with Crippen LogP contribution >= 0.6 is 11.3 Å². The van der Waals surface area contributed by atoms with Crippen molar-refractivity contribution >= 4 is 17.2 Å². The molecule has 1 unspecified atom stereocenters. The second kappa shape index (κ2) is 5.95. The Morgan fingerprint density at radius 3 is 2.84 bits per heavy atom. The predicted octanol–water partition coefficient (Wildman–Crippen LogP) is 2.69. The number of hydrogen-bond acceptors (Lipinski definition) is 3. The van der Waals surface area contributed by atoms with Crippen LogP contribution in [-0.4, -0.2) is 29.5 Å². The minimum Gasteiger partial charge on any atom is -0.386 e. The lowest BCUT2D eigenvalue weighted by Gasteiger charge is -2.20. The fraction of sp³-hybridized carbons (Fsp3) is 0.214. The Morgan fingerprint density at radius 2 is 2.21 bits per heavy atom. The molecular formula is C14H14FNO2S. The normalized spacial score (nSPS) is 12.2. The average Bonchev–Trinajstić information content (AvgIpc) is 2.91. The van der Waals surface area contributed by atoms with Crippen LogP contribution in [0.25, 0.3) is 0 Å². The van der Waals surface area contributed by atoms with Gasteiger partial charge < -0.3 is 10.0 Å².